The molecular formula is C12H27N3. The van der Waals surface area contributed by atoms with Crippen molar-refractivity contribution >= 4 is 0 Å². The first-order valence-electron chi connectivity index (χ1n) is 6.36. The maximum Gasteiger partial charge on any atom is 0.0110 e. The Labute approximate surface area is 94.8 Å². The second kappa shape index (κ2) is 7.20. The zero-order valence-electron chi connectivity index (χ0n) is 10.6. The van der Waals surface area contributed by atoms with E-state index in [0.717, 1.165) is 6.54 Å². The SMILES string of the molecule is CCC(C)NCCN1CCCN(C)CC1. The van der Waals surface area contributed by atoms with Gasteiger partial charge in [-0.1, -0.05) is 6.92 Å². The van der Waals surface area contributed by atoms with Crippen molar-refractivity contribution in [2.45, 2.75) is 32.7 Å². The third kappa shape index (κ3) is 5.50. The van der Waals surface area contributed by atoms with E-state index in [0.29, 0.717) is 6.04 Å². The first-order chi connectivity index (χ1) is 7.22. The van der Waals surface area contributed by atoms with Crippen molar-refractivity contribution in [1.29, 1.82) is 0 Å². The summed E-state index contributed by atoms with van der Waals surface area (Å²) in [5.41, 5.74) is 0. The van der Waals surface area contributed by atoms with Gasteiger partial charge in [-0.05, 0) is 39.9 Å². The van der Waals surface area contributed by atoms with Gasteiger partial charge in [-0.2, -0.15) is 0 Å². The van der Waals surface area contributed by atoms with Gasteiger partial charge in [-0.25, -0.2) is 0 Å². The quantitative estimate of drug-likeness (QED) is 0.735. The average Bonchev–Trinajstić information content (AvgIpc) is 2.43. The molecule has 3 nitrogen and oxygen atoms in total. The fourth-order valence-corrected chi connectivity index (χ4v) is 1.94. The molecule has 1 aliphatic heterocycles. The summed E-state index contributed by atoms with van der Waals surface area (Å²) in [5.74, 6) is 0. The summed E-state index contributed by atoms with van der Waals surface area (Å²) in [5, 5.41) is 3.56. The van der Waals surface area contributed by atoms with Crippen LogP contribution in [0.15, 0.2) is 0 Å². The van der Waals surface area contributed by atoms with Crippen LogP contribution in [0.4, 0.5) is 0 Å². The van der Waals surface area contributed by atoms with Crippen LogP contribution in [-0.2, 0) is 0 Å². The molecule has 90 valence electrons. The molecule has 3 heteroatoms. The molecule has 1 fully saturated rings. The van der Waals surface area contributed by atoms with Crippen LogP contribution in [0.2, 0.25) is 0 Å². The van der Waals surface area contributed by atoms with Gasteiger partial charge < -0.3 is 15.1 Å². The van der Waals surface area contributed by atoms with Gasteiger partial charge in [-0.3, -0.25) is 0 Å². The molecule has 1 rings (SSSR count). The van der Waals surface area contributed by atoms with Crippen LogP contribution in [0.25, 0.3) is 0 Å². The highest BCUT2D eigenvalue weighted by Crippen LogP contribution is 2.00. The highest BCUT2D eigenvalue weighted by Gasteiger charge is 2.11. The Kier molecular flexibility index (Phi) is 6.22. The van der Waals surface area contributed by atoms with E-state index in [1.54, 1.807) is 0 Å². The summed E-state index contributed by atoms with van der Waals surface area (Å²) in [6.07, 6.45) is 2.54. The first kappa shape index (κ1) is 12.9. The molecule has 1 N–H and O–H groups in total. The number of hydrogen-bond donors (Lipinski definition) is 1. The van der Waals surface area contributed by atoms with E-state index in [4.69, 9.17) is 0 Å². The zero-order valence-corrected chi connectivity index (χ0v) is 10.6. The molecule has 1 atom stereocenters. The molecule has 1 unspecified atom stereocenters. The minimum Gasteiger partial charge on any atom is -0.313 e. The zero-order chi connectivity index (χ0) is 11.1. The number of likely N-dealkylation sites (N-methyl/N-ethyl adjacent to an activating group) is 1. The lowest BCUT2D eigenvalue weighted by Gasteiger charge is -2.21. The molecule has 0 saturated carbocycles. The largest absolute Gasteiger partial charge is 0.313 e. The van der Waals surface area contributed by atoms with Gasteiger partial charge in [0.2, 0.25) is 0 Å². The molecule has 0 amide bonds. The fraction of sp³-hybridized carbons (Fsp3) is 1.00. The van der Waals surface area contributed by atoms with E-state index in [9.17, 15) is 0 Å². The normalized spacial score (nSPS) is 22.6. The molecule has 0 aromatic heterocycles. The van der Waals surface area contributed by atoms with E-state index in [-0.39, 0.29) is 0 Å². The molecular weight excluding hydrogens is 186 g/mol. The van der Waals surface area contributed by atoms with Gasteiger partial charge in [0.1, 0.15) is 0 Å². The Balaban J connectivity index is 2.10. The third-order valence-electron chi connectivity index (χ3n) is 3.35. The number of nitrogens with zero attached hydrogens (tertiary/aromatic N) is 2. The molecule has 0 spiro atoms. The summed E-state index contributed by atoms with van der Waals surface area (Å²) in [6.45, 7) is 11.8. The average molecular weight is 213 g/mol. The van der Waals surface area contributed by atoms with Gasteiger partial charge in [0.15, 0.2) is 0 Å². The minimum atomic E-state index is 0.666. The summed E-state index contributed by atoms with van der Waals surface area (Å²) in [4.78, 5) is 5.01. The Morgan fingerprint density at radius 2 is 2.00 bits per heavy atom. The van der Waals surface area contributed by atoms with E-state index >= 15 is 0 Å². The second-order valence-electron chi connectivity index (χ2n) is 4.76. The second-order valence-corrected chi connectivity index (χ2v) is 4.76. The lowest BCUT2D eigenvalue weighted by Crippen LogP contribution is -2.37. The van der Waals surface area contributed by atoms with Crippen molar-refractivity contribution in [3.8, 4) is 0 Å². The Morgan fingerprint density at radius 3 is 2.73 bits per heavy atom. The van der Waals surface area contributed by atoms with Gasteiger partial charge >= 0.3 is 0 Å². The summed E-state index contributed by atoms with van der Waals surface area (Å²) in [6, 6.07) is 0.666. The van der Waals surface area contributed by atoms with E-state index in [2.05, 4.69) is 36.0 Å². The van der Waals surface area contributed by atoms with Gasteiger partial charge in [0.05, 0.1) is 0 Å². The standard InChI is InChI=1S/C12H27N3/c1-4-12(2)13-6-9-15-8-5-7-14(3)10-11-15/h12-13H,4-11H2,1-3H3. The monoisotopic (exact) mass is 213 g/mol. The van der Waals surface area contributed by atoms with Crippen LogP contribution in [0, 0.1) is 0 Å². The molecule has 0 aromatic rings. The lowest BCUT2D eigenvalue weighted by molar-refractivity contribution is 0.272. The highest BCUT2D eigenvalue weighted by atomic mass is 15.2. The number of hydrogen-bond acceptors (Lipinski definition) is 3. The van der Waals surface area contributed by atoms with Crippen molar-refractivity contribution < 1.29 is 0 Å². The van der Waals surface area contributed by atoms with Crippen molar-refractivity contribution in [2.24, 2.45) is 0 Å². The molecule has 1 aliphatic rings. The molecule has 1 heterocycles. The maximum atomic E-state index is 3.56. The molecule has 1 saturated heterocycles. The van der Waals surface area contributed by atoms with Crippen molar-refractivity contribution in [3.63, 3.8) is 0 Å². The van der Waals surface area contributed by atoms with Gasteiger partial charge in [-0.15, -0.1) is 0 Å². The van der Waals surface area contributed by atoms with Crippen LogP contribution in [0.5, 0.6) is 0 Å². The Bertz CT molecular complexity index is 161. The predicted octanol–water partition coefficient (Wildman–Crippen LogP) is 1.01. The number of rotatable bonds is 5. The lowest BCUT2D eigenvalue weighted by atomic mass is 10.2. The van der Waals surface area contributed by atoms with Crippen LogP contribution in [-0.4, -0.2) is 62.2 Å². The molecule has 15 heavy (non-hydrogen) atoms. The topological polar surface area (TPSA) is 18.5 Å². The van der Waals surface area contributed by atoms with Crippen LogP contribution in [0.3, 0.4) is 0 Å². The molecule has 0 bridgehead atoms. The summed E-state index contributed by atoms with van der Waals surface area (Å²) >= 11 is 0. The van der Waals surface area contributed by atoms with Crippen molar-refractivity contribution in [3.05, 3.63) is 0 Å². The van der Waals surface area contributed by atoms with Crippen molar-refractivity contribution in [1.82, 2.24) is 15.1 Å². The minimum absolute atomic E-state index is 0.666. The van der Waals surface area contributed by atoms with Crippen LogP contribution < -0.4 is 5.32 Å². The van der Waals surface area contributed by atoms with Crippen LogP contribution >= 0.6 is 0 Å². The maximum absolute atomic E-state index is 3.56. The first-order valence-corrected chi connectivity index (χ1v) is 6.36. The van der Waals surface area contributed by atoms with Gasteiger partial charge in [0.25, 0.3) is 0 Å². The fourth-order valence-electron chi connectivity index (χ4n) is 1.94. The molecule has 0 radical (unpaired) electrons. The highest BCUT2D eigenvalue weighted by molar-refractivity contribution is 4.68. The Morgan fingerprint density at radius 1 is 1.20 bits per heavy atom. The molecule has 0 aliphatic carbocycles. The summed E-state index contributed by atoms with van der Waals surface area (Å²) in [7, 11) is 2.22. The van der Waals surface area contributed by atoms with Crippen molar-refractivity contribution in [2.75, 3.05) is 46.3 Å². The summed E-state index contributed by atoms with van der Waals surface area (Å²) < 4.78 is 0. The van der Waals surface area contributed by atoms with E-state index in [1.807, 2.05) is 0 Å². The van der Waals surface area contributed by atoms with Crippen LogP contribution in [0.1, 0.15) is 26.7 Å². The molecule has 0 aromatic carbocycles. The van der Waals surface area contributed by atoms with Gasteiger partial charge in [0, 0.05) is 32.2 Å². The predicted molar refractivity (Wildman–Crippen MR) is 66.3 cm³/mol. The Hall–Kier alpha value is -0.120. The number of nitrogens with one attached hydrogen (secondary N) is 1. The third-order valence-corrected chi connectivity index (χ3v) is 3.35. The van der Waals surface area contributed by atoms with E-state index in [1.165, 1.54) is 45.6 Å². The smallest absolute Gasteiger partial charge is 0.0110 e. The van der Waals surface area contributed by atoms with E-state index < -0.39 is 0 Å².